The minimum absolute atomic E-state index is 0.472. The Hall–Kier alpha value is -3.34. The Balaban J connectivity index is 1.48. The molecule has 30 heavy (non-hydrogen) atoms. The SMILES string of the molecule is Cc1cc(C)cc(COc2cccc(-c3nc(C4CCC4)n4c(N)cncc34)c2)c1. The van der Waals surface area contributed by atoms with Gasteiger partial charge < -0.3 is 10.5 Å². The highest BCUT2D eigenvalue weighted by Gasteiger charge is 2.27. The monoisotopic (exact) mass is 398 g/mol. The fourth-order valence-electron chi connectivity index (χ4n) is 4.29. The van der Waals surface area contributed by atoms with Crippen LogP contribution in [0.3, 0.4) is 0 Å². The van der Waals surface area contributed by atoms with E-state index in [0.29, 0.717) is 18.3 Å². The second kappa shape index (κ2) is 7.48. The molecule has 1 saturated carbocycles. The third kappa shape index (κ3) is 3.41. The molecule has 5 nitrogen and oxygen atoms in total. The van der Waals surface area contributed by atoms with E-state index in [1.165, 1.54) is 36.0 Å². The van der Waals surface area contributed by atoms with Crippen molar-refractivity contribution in [1.82, 2.24) is 14.4 Å². The molecule has 0 unspecified atom stereocenters. The fraction of sp³-hybridized carbons (Fsp3) is 0.280. The van der Waals surface area contributed by atoms with Crippen LogP contribution >= 0.6 is 0 Å². The molecule has 1 aliphatic rings. The molecule has 0 saturated heterocycles. The average molecular weight is 399 g/mol. The first-order chi connectivity index (χ1) is 14.6. The summed E-state index contributed by atoms with van der Waals surface area (Å²) in [6, 6.07) is 14.6. The summed E-state index contributed by atoms with van der Waals surface area (Å²) >= 11 is 0. The van der Waals surface area contributed by atoms with Crippen molar-refractivity contribution in [3.63, 3.8) is 0 Å². The number of hydrogen-bond donors (Lipinski definition) is 1. The topological polar surface area (TPSA) is 65.4 Å². The predicted molar refractivity (Wildman–Crippen MR) is 120 cm³/mol. The zero-order valence-corrected chi connectivity index (χ0v) is 17.4. The van der Waals surface area contributed by atoms with Crippen LogP contribution in [0.4, 0.5) is 5.82 Å². The number of ether oxygens (including phenoxy) is 1. The molecule has 0 atom stereocenters. The molecular formula is C25H26N4O. The van der Waals surface area contributed by atoms with Gasteiger partial charge in [-0.3, -0.25) is 9.38 Å². The van der Waals surface area contributed by atoms with Crippen LogP contribution in [0.25, 0.3) is 16.8 Å². The van der Waals surface area contributed by atoms with E-state index in [9.17, 15) is 0 Å². The molecule has 1 fully saturated rings. The van der Waals surface area contributed by atoms with E-state index in [4.69, 9.17) is 15.5 Å². The van der Waals surface area contributed by atoms with Gasteiger partial charge in [0, 0.05) is 11.5 Å². The number of hydrogen-bond acceptors (Lipinski definition) is 4. The van der Waals surface area contributed by atoms with Crippen LogP contribution in [0.15, 0.2) is 54.9 Å². The molecule has 2 aromatic heterocycles. The van der Waals surface area contributed by atoms with Crippen molar-refractivity contribution in [3.05, 3.63) is 77.4 Å². The van der Waals surface area contributed by atoms with Gasteiger partial charge in [0.15, 0.2) is 0 Å². The van der Waals surface area contributed by atoms with Gasteiger partial charge in [-0.25, -0.2) is 4.98 Å². The van der Waals surface area contributed by atoms with Gasteiger partial charge >= 0.3 is 0 Å². The van der Waals surface area contributed by atoms with Crippen molar-refractivity contribution < 1.29 is 4.74 Å². The van der Waals surface area contributed by atoms with Gasteiger partial charge in [-0.05, 0) is 44.4 Å². The molecule has 0 amide bonds. The molecule has 2 heterocycles. The van der Waals surface area contributed by atoms with E-state index in [1.807, 2.05) is 18.3 Å². The van der Waals surface area contributed by atoms with E-state index in [1.54, 1.807) is 6.20 Å². The highest BCUT2D eigenvalue weighted by Crippen LogP contribution is 2.39. The van der Waals surface area contributed by atoms with E-state index in [-0.39, 0.29) is 0 Å². The third-order valence-electron chi connectivity index (χ3n) is 5.87. The number of aromatic nitrogens is 3. The lowest BCUT2D eigenvalue weighted by atomic mass is 9.85. The first-order valence-corrected chi connectivity index (χ1v) is 10.5. The minimum atomic E-state index is 0.472. The zero-order chi connectivity index (χ0) is 20.7. The van der Waals surface area contributed by atoms with Crippen LogP contribution < -0.4 is 10.5 Å². The second-order valence-corrected chi connectivity index (χ2v) is 8.31. The molecule has 2 aromatic carbocycles. The highest BCUT2D eigenvalue weighted by molar-refractivity contribution is 5.79. The fourth-order valence-corrected chi connectivity index (χ4v) is 4.29. The smallest absolute Gasteiger partial charge is 0.128 e. The van der Waals surface area contributed by atoms with E-state index < -0.39 is 0 Å². The summed E-state index contributed by atoms with van der Waals surface area (Å²) in [5.41, 5.74) is 12.8. The number of aryl methyl sites for hydroxylation is 2. The Kier molecular flexibility index (Phi) is 4.66. The largest absolute Gasteiger partial charge is 0.489 e. The van der Waals surface area contributed by atoms with Crippen LogP contribution in [0.2, 0.25) is 0 Å². The van der Waals surface area contributed by atoms with Crippen molar-refractivity contribution in [2.24, 2.45) is 0 Å². The van der Waals surface area contributed by atoms with Gasteiger partial charge in [-0.2, -0.15) is 0 Å². The first kappa shape index (κ1) is 18.7. The molecule has 0 radical (unpaired) electrons. The van der Waals surface area contributed by atoms with E-state index in [0.717, 1.165) is 28.3 Å². The normalized spacial score (nSPS) is 14.1. The number of nitrogens with zero attached hydrogens (tertiary/aromatic N) is 3. The number of benzene rings is 2. The maximum absolute atomic E-state index is 6.27. The van der Waals surface area contributed by atoms with E-state index in [2.05, 4.69) is 53.6 Å². The molecule has 5 rings (SSSR count). The average Bonchev–Trinajstić information content (AvgIpc) is 3.05. The standard InChI is InChI=1S/C25H26N4O/c1-16-9-17(2)11-18(10-16)15-30-21-8-4-7-20(12-21)24-22-13-27-14-23(26)29(22)25(28-24)19-5-3-6-19/h4,7-14,19H,3,5-6,15,26H2,1-2H3. The predicted octanol–water partition coefficient (Wildman–Crippen LogP) is 5.44. The van der Waals surface area contributed by atoms with Crippen molar-refractivity contribution >= 4 is 11.3 Å². The highest BCUT2D eigenvalue weighted by atomic mass is 16.5. The van der Waals surface area contributed by atoms with Crippen LogP contribution in [0.5, 0.6) is 5.75 Å². The summed E-state index contributed by atoms with van der Waals surface area (Å²) in [7, 11) is 0. The Morgan fingerprint density at radius 3 is 2.60 bits per heavy atom. The van der Waals surface area contributed by atoms with Crippen LogP contribution in [-0.2, 0) is 6.61 Å². The number of nitrogen functional groups attached to an aromatic ring is 1. The van der Waals surface area contributed by atoms with Crippen molar-refractivity contribution in [2.45, 2.75) is 45.6 Å². The summed E-state index contributed by atoms with van der Waals surface area (Å²) in [4.78, 5) is 9.33. The van der Waals surface area contributed by atoms with Gasteiger partial charge in [0.25, 0.3) is 0 Å². The van der Waals surface area contributed by atoms with E-state index >= 15 is 0 Å². The Morgan fingerprint density at radius 2 is 1.87 bits per heavy atom. The number of rotatable bonds is 5. The van der Waals surface area contributed by atoms with Crippen molar-refractivity contribution in [3.8, 4) is 17.0 Å². The quantitative estimate of drug-likeness (QED) is 0.486. The molecule has 1 aliphatic carbocycles. The maximum atomic E-state index is 6.27. The van der Waals surface area contributed by atoms with Crippen LogP contribution in [-0.4, -0.2) is 14.4 Å². The zero-order valence-electron chi connectivity index (χ0n) is 17.4. The molecule has 152 valence electrons. The van der Waals surface area contributed by atoms with Gasteiger partial charge in [0.2, 0.25) is 0 Å². The number of imidazole rings is 1. The molecule has 4 aromatic rings. The lowest BCUT2D eigenvalue weighted by Crippen LogP contribution is -2.14. The number of fused-ring (bicyclic) bond motifs is 1. The Labute approximate surface area is 176 Å². The van der Waals surface area contributed by atoms with Crippen molar-refractivity contribution in [1.29, 1.82) is 0 Å². The molecular weight excluding hydrogens is 372 g/mol. The number of nitrogens with two attached hydrogens (primary N) is 1. The van der Waals surface area contributed by atoms with Crippen molar-refractivity contribution in [2.75, 3.05) is 5.73 Å². The summed E-state index contributed by atoms with van der Waals surface area (Å²) in [5, 5.41) is 0. The van der Waals surface area contributed by atoms with Gasteiger partial charge in [0.1, 0.15) is 24.0 Å². The second-order valence-electron chi connectivity index (χ2n) is 8.31. The Bertz CT molecular complexity index is 1200. The molecule has 5 heteroatoms. The summed E-state index contributed by atoms with van der Waals surface area (Å²) in [5.74, 6) is 2.98. The van der Waals surface area contributed by atoms with Crippen LogP contribution in [0.1, 0.15) is 47.7 Å². The first-order valence-electron chi connectivity index (χ1n) is 10.5. The molecule has 0 bridgehead atoms. The third-order valence-corrected chi connectivity index (χ3v) is 5.87. The maximum Gasteiger partial charge on any atom is 0.128 e. The molecule has 0 spiro atoms. The van der Waals surface area contributed by atoms with Gasteiger partial charge in [0.05, 0.1) is 23.6 Å². The Morgan fingerprint density at radius 1 is 1.07 bits per heavy atom. The van der Waals surface area contributed by atoms with Gasteiger partial charge in [-0.15, -0.1) is 0 Å². The molecule has 2 N–H and O–H groups in total. The summed E-state index contributed by atoms with van der Waals surface area (Å²) in [6.07, 6.45) is 7.13. The van der Waals surface area contributed by atoms with Crippen LogP contribution in [0, 0.1) is 13.8 Å². The lowest BCUT2D eigenvalue weighted by molar-refractivity contribution is 0.306. The minimum Gasteiger partial charge on any atom is -0.489 e. The van der Waals surface area contributed by atoms with Gasteiger partial charge in [-0.1, -0.05) is 47.9 Å². The summed E-state index contributed by atoms with van der Waals surface area (Å²) in [6.45, 7) is 4.76. The lowest BCUT2D eigenvalue weighted by Gasteiger charge is -2.24. The molecule has 0 aliphatic heterocycles. The number of anilines is 1. The summed E-state index contributed by atoms with van der Waals surface area (Å²) < 4.78 is 8.18.